The van der Waals surface area contributed by atoms with Crippen molar-refractivity contribution < 1.29 is 9.21 Å². The van der Waals surface area contributed by atoms with Crippen molar-refractivity contribution in [3.63, 3.8) is 0 Å². The molecule has 0 aliphatic carbocycles. The van der Waals surface area contributed by atoms with E-state index in [2.05, 4.69) is 25.3 Å². The molecule has 1 aliphatic rings. The van der Waals surface area contributed by atoms with Gasteiger partial charge in [-0.1, -0.05) is 11.6 Å². The molecule has 0 spiro atoms. The van der Waals surface area contributed by atoms with E-state index in [-0.39, 0.29) is 11.8 Å². The van der Waals surface area contributed by atoms with Gasteiger partial charge >= 0.3 is 11.8 Å². The highest BCUT2D eigenvalue weighted by Crippen LogP contribution is 2.34. The van der Waals surface area contributed by atoms with Crippen molar-refractivity contribution in [1.29, 1.82) is 0 Å². The van der Waals surface area contributed by atoms with Crippen LogP contribution in [0.4, 0.5) is 0 Å². The van der Waals surface area contributed by atoms with Crippen molar-refractivity contribution in [2.75, 3.05) is 6.54 Å². The highest BCUT2D eigenvalue weighted by Gasteiger charge is 2.38. The number of rotatable bonds is 2. The first kappa shape index (κ1) is 16.0. The zero-order chi connectivity index (χ0) is 18.5. The molecule has 0 unspecified atom stereocenters. The Morgan fingerprint density at radius 2 is 2.30 bits per heavy atom. The minimum absolute atomic E-state index is 0.0433. The van der Waals surface area contributed by atoms with Crippen molar-refractivity contribution in [1.82, 2.24) is 34.7 Å². The minimum Gasteiger partial charge on any atom is -0.417 e. The number of H-pyrrole nitrogens is 1. The fourth-order valence-electron chi connectivity index (χ4n) is 3.43. The molecule has 0 fully saturated rings. The third-order valence-corrected chi connectivity index (χ3v) is 4.96. The molecule has 0 bridgehead atoms. The molecule has 5 heterocycles. The molecule has 136 valence electrons. The normalized spacial score (nSPS) is 16.7. The van der Waals surface area contributed by atoms with Gasteiger partial charge in [-0.2, -0.15) is 5.10 Å². The zero-order valence-electron chi connectivity index (χ0n) is 14.3. The van der Waals surface area contributed by atoms with Gasteiger partial charge in [-0.25, -0.2) is 9.50 Å². The number of fused-ring (bicyclic) bond motifs is 2. The summed E-state index contributed by atoms with van der Waals surface area (Å²) in [5.41, 5.74) is 3.16. The SMILES string of the molecule is Cc1nnc(C(=O)N2CCc3[nH]cnc3[C@H]2c2cc3c(Cl)cccn3n2)o1. The fourth-order valence-corrected chi connectivity index (χ4v) is 3.65. The van der Waals surface area contributed by atoms with Crippen LogP contribution in [-0.2, 0) is 6.42 Å². The monoisotopic (exact) mass is 383 g/mol. The maximum absolute atomic E-state index is 13.0. The lowest BCUT2D eigenvalue weighted by molar-refractivity contribution is 0.0644. The molecular formula is C17H14ClN7O2. The summed E-state index contributed by atoms with van der Waals surface area (Å²) in [4.78, 5) is 22.3. The third kappa shape index (κ3) is 2.50. The number of aryl methyl sites for hydroxylation is 1. The highest BCUT2D eigenvalue weighted by molar-refractivity contribution is 6.33. The second-order valence-corrected chi connectivity index (χ2v) is 6.71. The number of imidazole rings is 1. The molecule has 1 N–H and O–H groups in total. The first-order valence-corrected chi connectivity index (χ1v) is 8.76. The van der Waals surface area contributed by atoms with Gasteiger partial charge in [0.25, 0.3) is 0 Å². The van der Waals surface area contributed by atoms with Crippen molar-refractivity contribution in [3.8, 4) is 0 Å². The number of carbonyl (C=O) groups excluding carboxylic acids is 1. The van der Waals surface area contributed by atoms with Crippen LogP contribution in [0, 0.1) is 6.92 Å². The molecule has 10 heteroatoms. The molecule has 0 radical (unpaired) electrons. The summed E-state index contributed by atoms with van der Waals surface area (Å²) in [6.45, 7) is 2.12. The summed E-state index contributed by atoms with van der Waals surface area (Å²) < 4.78 is 7.03. The van der Waals surface area contributed by atoms with Crippen molar-refractivity contribution in [2.45, 2.75) is 19.4 Å². The molecule has 5 rings (SSSR count). The van der Waals surface area contributed by atoms with Gasteiger partial charge in [0.1, 0.15) is 6.04 Å². The number of carbonyl (C=O) groups is 1. The van der Waals surface area contributed by atoms with Crippen molar-refractivity contribution in [2.24, 2.45) is 0 Å². The second kappa shape index (κ2) is 5.92. The van der Waals surface area contributed by atoms with Gasteiger partial charge in [-0.05, 0) is 18.2 Å². The van der Waals surface area contributed by atoms with Crippen molar-refractivity contribution in [3.05, 3.63) is 64.6 Å². The molecule has 4 aromatic heterocycles. The topological polar surface area (TPSA) is 105 Å². The minimum atomic E-state index is -0.476. The first-order chi connectivity index (χ1) is 13.1. The van der Waals surface area contributed by atoms with E-state index in [1.165, 1.54) is 0 Å². The van der Waals surface area contributed by atoms with Crippen LogP contribution in [0.3, 0.4) is 0 Å². The predicted molar refractivity (Wildman–Crippen MR) is 94.4 cm³/mol. The molecular weight excluding hydrogens is 370 g/mol. The average molecular weight is 384 g/mol. The number of amides is 1. The number of aromatic nitrogens is 6. The average Bonchev–Trinajstić information content (AvgIpc) is 3.39. The Labute approximate surface area is 158 Å². The summed E-state index contributed by atoms with van der Waals surface area (Å²) in [7, 11) is 0. The molecule has 0 aromatic carbocycles. The van der Waals surface area contributed by atoms with E-state index in [0.717, 1.165) is 16.9 Å². The van der Waals surface area contributed by atoms with E-state index in [9.17, 15) is 4.79 Å². The summed E-state index contributed by atoms with van der Waals surface area (Å²) in [6, 6.07) is 5.01. The summed E-state index contributed by atoms with van der Waals surface area (Å²) in [5, 5.41) is 12.8. The summed E-state index contributed by atoms with van der Waals surface area (Å²) in [5.74, 6) is -0.0532. The molecule has 1 aliphatic heterocycles. The van der Waals surface area contributed by atoms with Gasteiger partial charge in [0, 0.05) is 31.8 Å². The van der Waals surface area contributed by atoms with Gasteiger partial charge < -0.3 is 14.3 Å². The molecule has 27 heavy (non-hydrogen) atoms. The Morgan fingerprint density at radius 3 is 3.07 bits per heavy atom. The Hall–Kier alpha value is -3.20. The fraction of sp³-hybridized carbons (Fsp3) is 0.235. The lowest BCUT2D eigenvalue weighted by atomic mass is 9.99. The summed E-state index contributed by atoms with van der Waals surface area (Å²) >= 11 is 6.29. The van der Waals surface area contributed by atoms with Crippen LogP contribution in [0.15, 0.2) is 35.1 Å². The number of hydrogen-bond donors (Lipinski definition) is 1. The first-order valence-electron chi connectivity index (χ1n) is 8.39. The maximum atomic E-state index is 13.0. The zero-order valence-corrected chi connectivity index (χ0v) is 15.0. The van der Waals surface area contributed by atoms with Gasteiger partial charge in [0.15, 0.2) is 0 Å². The van der Waals surface area contributed by atoms with Gasteiger partial charge in [0.05, 0.1) is 28.3 Å². The van der Waals surface area contributed by atoms with Crippen LogP contribution < -0.4 is 0 Å². The number of hydrogen-bond acceptors (Lipinski definition) is 6. The largest absolute Gasteiger partial charge is 0.417 e. The number of nitrogens with zero attached hydrogens (tertiary/aromatic N) is 6. The Bertz CT molecular complexity index is 1160. The molecule has 4 aromatic rings. The second-order valence-electron chi connectivity index (χ2n) is 6.30. The third-order valence-electron chi connectivity index (χ3n) is 4.64. The van der Waals surface area contributed by atoms with E-state index in [1.54, 1.807) is 28.7 Å². The van der Waals surface area contributed by atoms with Gasteiger partial charge in [0.2, 0.25) is 5.89 Å². The van der Waals surface area contributed by atoms with Crippen LogP contribution in [0.2, 0.25) is 5.02 Å². The molecule has 9 nitrogen and oxygen atoms in total. The van der Waals surface area contributed by atoms with Crippen LogP contribution >= 0.6 is 11.6 Å². The molecule has 0 saturated heterocycles. The van der Waals surface area contributed by atoms with Crippen LogP contribution in [0.1, 0.15) is 39.7 Å². The van der Waals surface area contributed by atoms with Crippen molar-refractivity contribution >= 4 is 23.0 Å². The van der Waals surface area contributed by atoms with Gasteiger partial charge in [-0.3, -0.25) is 4.79 Å². The predicted octanol–water partition coefficient (Wildman–Crippen LogP) is 2.19. The summed E-state index contributed by atoms with van der Waals surface area (Å²) in [6.07, 6.45) is 4.09. The quantitative estimate of drug-likeness (QED) is 0.568. The van der Waals surface area contributed by atoms with Gasteiger partial charge in [-0.15, -0.1) is 10.2 Å². The lowest BCUT2D eigenvalue weighted by Crippen LogP contribution is -2.41. The smallest absolute Gasteiger partial charge is 0.312 e. The Kier molecular flexibility index (Phi) is 3.51. The van der Waals surface area contributed by atoms with E-state index in [4.69, 9.17) is 16.0 Å². The number of aromatic amines is 1. The van der Waals surface area contributed by atoms with Crippen LogP contribution in [0.25, 0.3) is 5.52 Å². The standard InChI is InChI=1S/C17H14ClN7O2/c1-9-21-22-16(27-9)17(26)24-6-4-11-14(20-8-19-11)15(24)12-7-13-10(18)3-2-5-25(13)23-12/h2-3,5,7-8,15H,4,6H2,1H3,(H,19,20)/t15-/m1/s1. The Balaban J connectivity index is 1.64. The number of halogens is 1. The van der Waals surface area contributed by atoms with E-state index in [0.29, 0.717) is 29.6 Å². The highest BCUT2D eigenvalue weighted by atomic mass is 35.5. The lowest BCUT2D eigenvalue weighted by Gasteiger charge is -2.32. The molecule has 0 saturated carbocycles. The maximum Gasteiger partial charge on any atom is 0.312 e. The van der Waals surface area contributed by atoms with Crippen LogP contribution in [0.5, 0.6) is 0 Å². The van der Waals surface area contributed by atoms with E-state index < -0.39 is 6.04 Å². The van der Waals surface area contributed by atoms with E-state index in [1.807, 2.05) is 18.3 Å². The molecule has 1 atom stereocenters. The number of nitrogens with one attached hydrogen (secondary N) is 1. The van der Waals surface area contributed by atoms with Crippen LogP contribution in [-0.4, -0.2) is 47.1 Å². The number of pyridine rings is 1. The molecule has 1 amide bonds. The van der Waals surface area contributed by atoms with E-state index >= 15 is 0 Å². The Morgan fingerprint density at radius 1 is 1.41 bits per heavy atom.